The van der Waals surface area contributed by atoms with Crippen molar-refractivity contribution in [2.45, 2.75) is 12.0 Å². The van der Waals surface area contributed by atoms with Crippen molar-refractivity contribution in [3.63, 3.8) is 0 Å². The number of nitrogens with one attached hydrogen (secondary N) is 1. The Kier molecular flexibility index (Phi) is 3.46. The SMILES string of the molecule is NC1(C(=O)Nc2cc(F)ccc2Br)CCOC1. The number of hydrogen-bond donors (Lipinski definition) is 2. The van der Waals surface area contributed by atoms with Crippen molar-refractivity contribution in [1.82, 2.24) is 0 Å². The summed E-state index contributed by atoms with van der Waals surface area (Å²) in [6.45, 7) is 0.653. The molecule has 1 atom stereocenters. The molecule has 4 nitrogen and oxygen atoms in total. The summed E-state index contributed by atoms with van der Waals surface area (Å²) in [5.41, 5.74) is 5.24. The first-order valence-corrected chi connectivity index (χ1v) is 5.94. The van der Waals surface area contributed by atoms with Crippen molar-refractivity contribution in [3.8, 4) is 0 Å². The van der Waals surface area contributed by atoms with E-state index in [1.54, 1.807) is 0 Å². The van der Waals surface area contributed by atoms with E-state index in [9.17, 15) is 9.18 Å². The van der Waals surface area contributed by atoms with Crippen LogP contribution in [0.1, 0.15) is 6.42 Å². The smallest absolute Gasteiger partial charge is 0.246 e. The lowest BCUT2D eigenvalue weighted by Crippen LogP contribution is -2.51. The number of nitrogens with two attached hydrogens (primary N) is 1. The van der Waals surface area contributed by atoms with Crippen LogP contribution in [0.3, 0.4) is 0 Å². The zero-order valence-electron chi connectivity index (χ0n) is 9.00. The van der Waals surface area contributed by atoms with Gasteiger partial charge in [0.05, 0.1) is 12.3 Å². The van der Waals surface area contributed by atoms with E-state index in [1.165, 1.54) is 18.2 Å². The van der Waals surface area contributed by atoms with Gasteiger partial charge in [-0.3, -0.25) is 4.79 Å². The van der Waals surface area contributed by atoms with Crippen LogP contribution in [-0.4, -0.2) is 24.7 Å². The quantitative estimate of drug-likeness (QED) is 0.873. The Hall–Kier alpha value is -0.980. The second kappa shape index (κ2) is 4.72. The van der Waals surface area contributed by atoms with Crippen molar-refractivity contribution in [3.05, 3.63) is 28.5 Å². The van der Waals surface area contributed by atoms with Gasteiger partial charge < -0.3 is 15.8 Å². The van der Waals surface area contributed by atoms with Crippen molar-refractivity contribution >= 4 is 27.5 Å². The molecule has 1 aliphatic rings. The first-order valence-electron chi connectivity index (χ1n) is 5.14. The largest absolute Gasteiger partial charge is 0.379 e. The maximum atomic E-state index is 13.0. The van der Waals surface area contributed by atoms with Gasteiger partial charge in [-0.1, -0.05) is 0 Å². The van der Waals surface area contributed by atoms with E-state index >= 15 is 0 Å². The molecule has 0 spiro atoms. The van der Waals surface area contributed by atoms with Crippen LogP contribution in [0.15, 0.2) is 22.7 Å². The van der Waals surface area contributed by atoms with Gasteiger partial charge in [0.25, 0.3) is 0 Å². The minimum Gasteiger partial charge on any atom is -0.379 e. The fourth-order valence-electron chi connectivity index (χ4n) is 1.60. The molecule has 1 aromatic carbocycles. The van der Waals surface area contributed by atoms with E-state index in [4.69, 9.17) is 10.5 Å². The van der Waals surface area contributed by atoms with Gasteiger partial charge in [0.15, 0.2) is 0 Å². The maximum absolute atomic E-state index is 13.0. The van der Waals surface area contributed by atoms with Crippen LogP contribution in [0, 0.1) is 5.82 Å². The van der Waals surface area contributed by atoms with Gasteiger partial charge in [0, 0.05) is 11.1 Å². The molecule has 1 amide bonds. The fourth-order valence-corrected chi connectivity index (χ4v) is 1.95. The number of carbonyl (C=O) groups is 1. The zero-order chi connectivity index (χ0) is 12.5. The minimum absolute atomic E-state index is 0.186. The predicted octanol–water partition coefficient (Wildman–Crippen LogP) is 1.64. The van der Waals surface area contributed by atoms with E-state index in [-0.39, 0.29) is 12.5 Å². The number of hydrogen-bond acceptors (Lipinski definition) is 3. The summed E-state index contributed by atoms with van der Waals surface area (Å²) in [5, 5.41) is 2.60. The van der Waals surface area contributed by atoms with Crippen molar-refractivity contribution < 1.29 is 13.9 Å². The van der Waals surface area contributed by atoms with Gasteiger partial charge in [-0.25, -0.2) is 4.39 Å². The van der Waals surface area contributed by atoms with Crippen LogP contribution in [0.5, 0.6) is 0 Å². The van der Waals surface area contributed by atoms with Gasteiger partial charge in [0.2, 0.25) is 5.91 Å². The van der Waals surface area contributed by atoms with Crippen LogP contribution >= 0.6 is 15.9 Å². The lowest BCUT2D eigenvalue weighted by atomic mass is 9.99. The molecule has 0 aliphatic carbocycles. The van der Waals surface area contributed by atoms with Crippen molar-refractivity contribution in [2.24, 2.45) is 5.73 Å². The Bertz CT molecular complexity index is 447. The van der Waals surface area contributed by atoms with Gasteiger partial charge in [-0.2, -0.15) is 0 Å². The number of rotatable bonds is 2. The van der Waals surface area contributed by atoms with Gasteiger partial charge in [-0.05, 0) is 40.5 Å². The molecule has 0 saturated carbocycles. The molecule has 1 unspecified atom stereocenters. The molecule has 17 heavy (non-hydrogen) atoms. The van der Waals surface area contributed by atoms with Crippen LogP contribution in [0.25, 0.3) is 0 Å². The summed E-state index contributed by atoms with van der Waals surface area (Å²) in [7, 11) is 0. The molecule has 92 valence electrons. The van der Waals surface area contributed by atoms with Crippen LogP contribution in [0.2, 0.25) is 0 Å². The first kappa shape index (κ1) is 12.5. The Morgan fingerprint density at radius 1 is 1.59 bits per heavy atom. The van der Waals surface area contributed by atoms with E-state index in [0.29, 0.717) is 23.2 Å². The molecule has 3 N–H and O–H groups in total. The lowest BCUT2D eigenvalue weighted by Gasteiger charge is -2.21. The predicted molar refractivity (Wildman–Crippen MR) is 65.1 cm³/mol. The molecule has 1 aromatic rings. The zero-order valence-corrected chi connectivity index (χ0v) is 10.6. The highest BCUT2D eigenvalue weighted by molar-refractivity contribution is 9.10. The number of ether oxygens (including phenoxy) is 1. The number of carbonyl (C=O) groups excluding carboxylic acids is 1. The topological polar surface area (TPSA) is 64.4 Å². The minimum atomic E-state index is -1.02. The highest BCUT2D eigenvalue weighted by atomic mass is 79.9. The molecule has 1 fully saturated rings. The summed E-state index contributed by atoms with van der Waals surface area (Å²) in [6.07, 6.45) is 0.464. The maximum Gasteiger partial charge on any atom is 0.246 e. The third-order valence-electron chi connectivity index (χ3n) is 2.68. The number of anilines is 1. The molecule has 1 aliphatic heterocycles. The number of amides is 1. The Balaban J connectivity index is 2.15. The lowest BCUT2D eigenvalue weighted by molar-refractivity contribution is -0.121. The first-order chi connectivity index (χ1) is 8.01. The van der Waals surface area contributed by atoms with Gasteiger partial charge in [0.1, 0.15) is 11.4 Å². The Labute approximate surface area is 106 Å². The van der Waals surface area contributed by atoms with E-state index < -0.39 is 11.4 Å². The summed E-state index contributed by atoms with van der Waals surface area (Å²) in [5.74, 6) is -0.779. The van der Waals surface area contributed by atoms with Gasteiger partial charge in [-0.15, -0.1) is 0 Å². The Morgan fingerprint density at radius 3 is 3.00 bits per heavy atom. The molecule has 0 aromatic heterocycles. The average molecular weight is 303 g/mol. The number of benzene rings is 1. The van der Waals surface area contributed by atoms with Crippen molar-refractivity contribution in [1.29, 1.82) is 0 Å². The average Bonchev–Trinajstić information content (AvgIpc) is 2.72. The van der Waals surface area contributed by atoms with E-state index in [2.05, 4.69) is 21.2 Å². The van der Waals surface area contributed by atoms with Crippen LogP contribution < -0.4 is 11.1 Å². The third kappa shape index (κ3) is 2.65. The summed E-state index contributed by atoms with van der Waals surface area (Å²) in [6, 6.07) is 4.07. The molecule has 1 saturated heterocycles. The summed E-state index contributed by atoms with van der Waals surface area (Å²) >= 11 is 3.23. The van der Waals surface area contributed by atoms with Crippen LogP contribution in [0.4, 0.5) is 10.1 Å². The van der Waals surface area contributed by atoms with Crippen molar-refractivity contribution in [2.75, 3.05) is 18.5 Å². The number of halogens is 2. The molecule has 1 heterocycles. The summed E-state index contributed by atoms with van der Waals surface area (Å²) < 4.78 is 18.7. The second-order valence-corrected chi connectivity index (χ2v) is 4.89. The van der Waals surface area contributed by atoms with E-state index in [0.717, 1.165) is 0 Å². The Morgan fingerprint density at radius 2 is 2.35 bits per heavy atom. The summed E-state index contributed by atoms with van der Waals surface area (Å²) in [4.78, 5) is 11.9. The standard InChI is InChI=1S/C11H12BrFN2O2/c12-8-2-1-7(13)5-9(8)15-10(16)11(14)3-4-17-6-11/h1-2,5H,3-4,6,14H2,(H,15,16). The fraction of sp³-hybridized carbons (Fsp3) is 0.364. The second-order valence-electron chi connectivity index (χ2n) is 4.04. The van der Waals surface area contributed by atoms with Gasteiger partial charge >= 0.3 is 0 Å². The molecular weight excluding hydrogens is 291 g/mol. The molecule has 0 radical (unpaired) electrons. The monoisotopic (exact) mass is 302 g/mol. The molecule has 0 bridgehead atoms. The molecule has 6 heteroatoms. The highest BCUT2D eigenvalue weighted by Gasteiger charge is 2.38. The molecule has 2 rings (SSSR count). The molecular formula is C11H12BrFN2O2. The normalized spacial score (nSPS) is 23.7. The van der Waals surface area contributed by atoms with Crippen LogP contribution in [-0.2, 0) is 9.53 Å². The highest BCUT2D eigenvalue weighted by Crippen LogP contribution is 2.25. The van der Waals surface area contributed by atoms with E-state index in [1.807, 2.05) is 0 Å². The third-order valence-corrected chi connectivity index (χ3v) is 3.37.